The van der Waals surface area contributed by atoms with Gasteiger partial charge in [-0.25, -0.2) is 0 Å². The van der Waals surface area contributed by atoms with Crippen molar-refractivity contribution in [3.05, 3.63) is 86.4 Å². The average Bonchev–Trinajstić information content (AvgIpc) is 2.72. The molecule has 0 fully saturated rings. The van der Waals surface area contributed by atoms with Crippen LogP contribution >= 0.6 is 23.2 Å². The second kappa shape index (κ2) is 10.1. The molecule has 1 amide bonds. The Balaban J connectivity index is 1.84. The predicted molar refractivity (Wildman–Crippen MR) is 127 cm³/mol. The summed E-state index contributed by atoms with van der Waals surface area (Å²) in [7, 11) is 0. The number of hydrogen-bond acceptors (Lipinski definition) is 3. The Morgan fingerprint density at radius 1 is 0.935 bits per heavy atom. The number of halogens is 2. The van der Waals surface area contributed by atoms with E-state index in [1.54, 1.807) is 36.4 Å². The van der Waals surface area contributed by atoms with Crippen LogP contribution in [0.2, 0.25) is 10.0 Å². The lowest BCUT2D eigenvalue weighted by Gasteiger charge is -2.16. The van der Waals surface area contributed by atoms with Crippen molar-refractivity contribution >= 4 is 34.8 Å². The molecule has 31 heavy (non-hydrogen) atoms. The van der Waals surface area contributed by atoms with Crippen LogP contribution in [0.3, 0.4) is 0 Å². The van der Waals surface area contributed by atoms with Gasteiger partial charge in [-0.3, -0.25) is 4.79 Å². The van der Waals surface area contributed by atoms with Gasteiger partial charge >= 0.3 is 0 Å². The van der Waals surface area contributed by atoms with Crippen molar-refractivity contribution in [3.8, 4) is 11.5 Å². The molecule has 6 heteroatoms. The number of ether oxygens (including phenoxy) is 2. The summed E-state index contributed by atoms with van der Waals surface area (Å²) >= 11 is 12.1. The van der Waals surface area contributed by atoms with Crippen molar-refractivity contribution < 1.29 is 14.3 Å². The third-order valence-corrected chi connectivity index (χ3v) is 5.50. The highest BCUT2D eigenvalue weighted by Gasteiger charge is 2.14. The minimum Gasteiger partial charge on any atom is -0.493 e. The molecule has 3 aromatic rings. The molecule has 4 nitrogen and oxygen atoms in total. The van der Waals surface area contributed by atoms with E-state index in [4.69, 9.17) is 32.7 Å². The van der Waals surface area contributed by atoms with Gasteiger partial charge in [0.2, 0.25) is 0 Å². The Hall–Kier alpha value is -2.69. The van der Waals surface area contributed by atoms with Crippen LogP contribution < -0.4 is 14.8 Å². The molecule has 3 rings (SSSR count). The lowest BCUT2D eigenvalue weighted by molar-refractivity contribution is 0.102. The fraction of sp³-hybridized carbons (Fsp3) is 0.240. The van der Waals surface area contributed by atoms with Crippen molar-refractivity contribution in [1.29, 1.82) is 0 Å². The summed E-state index contributed by atoms with van der Waals surface area (Å²) in [6, 6.07) is 14.4. The van der Waals surface area contributed by atoms with E-state index in [0.717, 1.165) is 22.4 Å². The van der Waals surface area contributed by atoms with Crippen LogP contribution in [0.25, 0.3) is 0 Å². The number of hydrogen-bond donors (Lipinski definition) is 1. The largest absolute Gasteiger partial charge is 0.493 e. The molecular weight excluding hydrogens is 433 g/mol. The fourth-order valence-corrected chi connectivity index (χ4v) is 3.68. The van der Waals surface area contributed by atoms with Crippen LogP contribution in [0.1, 0.15) is 39.5 Å². The Kier molecular flexibility index (Phi) is 7.47. The van der Waals surface area contributed by atoms with E-state index < -0.39 is 0 Å². The maximum Gasteiger partial charge on any atom is 0.255 e. The first-order valence-corrected chi connectivity index (χ1v) is 10.8. The van der Waals surface area contributed by atoms with Gasteiger partial charge in [-0.15, -0.1) is 0 Å². The monoisotopic (exact) mass is 457 g/mol. The second-order valence-electron chi connectivity index (χ2n) is 7.33. The molecular formula is C25H25Cl2NO3. The molecule has 0 aliphatic rings. The van der Waals surface area contributed by atoms with E-state index in [9.17, 15) is 4.79 Å². The molecule has 0 heterocycles. The van der Waals surface area contributed by atoms with Crippen LogP contribution in [-0.2, 0) is 6.61 Å². The van der Waals surface area contributed by atoms with E-state index in [1.165, 1.54) is 5.56 Å². The molecule has 0 aliphatic carbocycles. The van der Waals surface area contributed by atoms with Gasteiger partial charge in [-0.05, 0) is 86.8 Å². The number of nitrogens with one attached hydrogen (secondary N) is 1. The van der Waals surface area contributed by atoms with E-state index in [1.807, 2.05) is 26.8 Å². The SMILES string of the molecule is CCOc1ccc(C(=O)Nc2ccc(Cl)cc2Cl)cc1COc1cc(C)cc(C)c1C. The predicted octanol–water partition coefficient (Wildman–Crippen LogP) is 7.15. The van der Waals surface area contributed by atoms with Crippen LogP contribution in [0.5, 0.6) is 11.5 Å². The number of benzene rings is 3. The molecule has 0 atom stereocenters. The van der Waals surface area contributed by atoms with Crippen LogP contribution in [-0.4, -0.2) is 12.5 Å². The Morgan fingerprint density at radius 2 is 1.71 bits per heavy atom. The minimum absolute atomic E-state index is 0.280. The maximum atomic E-state index is 12.8. The normalized spacial score (nSPS) is 10.6. The van der Waals surface area contributed by atoms with E-state index in [2.05, 4.69) is 18.3 Å². The molecule has 0 radical (unpaired) electrons. The second-order valence-corrected chi connectivity index (χ2v) is 8.17. The van der Waals surface area contributed by atoms with Crippen LogP contribution in [0.4, 0.5) is 5.69 Å². The van der Waals surface area contributed by atoms with Gasteiger partial charge in [0, 0.05) is 16.1 Å². The highest BCUT2D eigenvalue weighted by Crippen LogP contribution is 2.29. The van der Waals surface area contributed by atoms with Gasteiger partial charge in [-0.1, -0.05) is 29.3 Å². The summed E-state index contributed by atoms with van der Waals surface area (Å²) in [5, 5.41) is 3.70. The smallest absolute Gasteiger partial charge is 0.255 e. The van der Waals surface area contributed by atoms with Gasteiger partial charge in [0.15, 0.2) is 0 Å². The molecule has 0 unspecified atom stereocenters. The number of carbonyl (C=O) groups excluding carboxylic acids is 1. The molecule has 0 aromatic heterocycles. The third kappa shape index (κ3) is 5.72. The van der Waals surface area contributed by atoms with Gasteiger partial charge < -0.3 is 14.8 Å². The van der Waals surface area contributed by atoms with E-state index in [-0.39, 0.29) is 12.5 Å². The first kappa shape index (κ1) is 23.0. The molecule has 0 saturated carbocycles. The Morgan fingerprint density at radius 3 is 2.42 bits per heavy atom. The summed E-state index contributed by atoms with van der Waals surface area (Å²) < 4.78 is 11.9. The van der Waals surface area contributed by atoms with Gasteiger partial charge in [0.05, 0.1) is 17.3 Å². The number of carbonyl (C=O) groups is 1. The molecule has 3 aromatic carbocycles. The van der Waals surface area contributed by atoms with Crippen molar-refractivity contribution in [1.82, 2.24) is 0 Å². The zero-order valence-electron chi connectivity index (χ0n) is 18.0. The van der Waals surface area contributed by atoms with Gasteiger partial charge in [0.25, 0.3) is 5.91 Å². The molecule has 1 N–H and O–H groups in total. The number of aryl methyl sites for hydroxylation is 2. The number of amides is 1. The molecule has 0 bridgehead atoms. The molecule has 0 saturated heterocycles. The van der Waals surface area contributed by atoms with E-state index in [0.29, 0.717) is 33.7 Å². The summed E-state index contributed by atoms with van der Waals surface area (Å²) in [5.74, 6) is 1.23. The van der Waals surface area contributed by atoms with Crippen LogP contribution in [0.15, 0.2) is 48.5 Å². The molecule has 162 valence electrons. The topological polar surface area (TPSA) is 47.6 Å². The minimum atomic E-state index is -0.281. The van der Waals surface area contributed by atoms with Gasteiger partial charge in [0.1, 0.15) is 18.1 Å². The quantitative estimate of drug-likeness (QED) is 0.409. The first-order chi connectivity index (χ1) is 14.8. The zero-order chi connectivity index (χ0) is 22.5. The van der Waals surface area contributed by atoms with Crippen molar-refractivity contribution in [2.75, 3.05) is 11.9 Å². The first-order valence-electron chi connectivity index (χ1n) is 10.0. The highest BCUT2D eigenvalue weighted by molar-refractivity contribution is 6.36. The summed E-state index contributed by atoms with van der Waals surface area (Å²) in [5.41, 5.74) is 5.16. The van der Waals surface area contributed by atoms with E-state index >= 15 is 0 Å². The average molecular weight is 458 g/mol. The Labute approximate surface area is 193 Å². The van der Waals surface area contributed by atoms with Crippen molar-refractivity contribution in [2.45, 2.75) is 34.3 Å². The lowest BCUT2D eigenvalue weighted by atomic mass is 10.1. The number of anilines is 1. The summed E-state index contributed by atoms with van der Waals surface area (Å²) in [4.78, 5) is 12.8. The molecule has 0 aliphatic heterocycles. The third-order valence-electron chi connectivity index (χ3n) is 4.95. The lowest BCUT2D eigenvalue weighted by Crippen LogP contribution is -2.13. The Bertz CT molecular complexity index is 1110. The maximum absolute atomic E-state index is 12.8. The summed E-state index contributed by atoms with van der Waals surface area (Å²) in [6.45, 7) is 8.85. The number of rotatable bonds is 7. The van der Waals surface area contributed by atoms with Gasteiger partial charge in [-0.2, -0.15) is 0 Å². The summed E-state index contributed by atoms with van der Waals surface area (Å²) in [6.07, 6.45) is 0. The van der Waals surface area contributed by atoms with Crippen molar-refractivity contribution in [2.24, 2.45) is 0 Å². The molecule has 0 spiro atoms. The standard InChI is InChI=1S/C25H25Cl2NO3/c1-5-30-23-9-6-18(25(29)28-22-8-7-20(26)13-21(22)27)12-19(23)14-31-24-11-15(2)10-16(3)17(24)4/h6-13H,5,14H2,1-4H3,(H,28,29). The highest BCUT2D eigenvalue weighted by atomic mass is 35.5. The van der Waals surface area contributed by atoms with Crippen LogP contribution in [0, 0.1) is 20.8 Å². The zero-order valence-corrected chi connectivity index (χ0v) is 19.5. The van der Waals surface area contributed by atoms with Crippen molar-refractivity contribution in [3.63, 3.8) is 0 Å². The fourth-order valence-electron chi connectivity index (χ4n) is 3.22.